The second kappa shape index (κ2) is 6.45. The van der Waals surface area contributed by atoms with Crippen molar-refractivity contribution >= 4 is 38.9 Å². The number of ether oxygens (including phenoxy) is 1. The van der Waals surface area contributed by atoms with Crippen LogP contribution in [0.15, 0.2) is 53.6 Å². The van der Waals surface area contributed by atoms with Gasteiger partial charge in [0.25, 0.3) is 5.91 Å². The number of thiazole rings is 1. The molecule has 0 atom stereocenters. The Labute approximate surface area is 136 Å². The molecule has 1 heterocycles. The molecule has 1 aromatic heterocycles. The van der Waals surface area contributed by atoms with Crippen molar-refractivity contribution in [2.75, 3.05) is 12.5 Å². The van der Waals surface area contributed by atoms with Crippen LogP contribution in [0.1, 0.15) is 5.01 Å². The lowest BCUT2D eigenvalue weighted by atomic mass is 10.3. The molecule has 2 aromatic carbocycles. The number of rotatable bonds is 5. The first kappa shape index (κ1) is 15.0. The number of hydrazone groups is 1. The Balaban J connectivity index is 1.96. The molecular weight excluding hydrogens is 312 g/mol. The normalized spacial score (nSPS) is 11.4. The first-order chi connectivity index (χ1) is 11.2. The molecule has 0 spiro atoms. The summed E-state index contributed by atoms with van der Waals surface area (Å²) < 4.78 is 6.20. The zero-order valence-electron chi connectivity index (χ0n) is 12.3. The summed E-state index contributed by atoms with van der Waals surface area (Å²) in [7, 11) is 1.56. The summed E-state index contributed by atoms with van der Waals surface area (Å²) in [4.78, 5) is 16.1. The van der Waals surface area contributed by atoms with Crippen LogP contribution in [0, 0.1) is 0 Å². The number of aromatic nitrogens is 1. The number of primary amides is 1. The molecule has 0 fully saturated rings. The van der Waals surface area contributed by atoms with Crippen LogP contribution < -0.4 is 15.9 Å². The molecule has 116 valence electrons. The molecule has 0 saturated heterocycles. The number of amides is 1. The fraction of sp³-hybridized carbons (Fsp3) is 0.0625. The van der Waals surface area contributed by atoms with E-state index in [1.165, 1.54) is 11.3 Å². The van der Waals surface area contributed by atoms with Crippen LogP contribution in [0.2, 0.25) is 0 Å². The van der Waals surface area contributed by atoms with Gasteiger partial charge in [-0.15, -0.1) is 11.3 Å². The Morgan fingerprint density at radius 1 is 1.22 bits per heavy atom. The van der Waals surface area contributed by atoms with E-state index < -0.39 is 5.91 Å². The predicted molar refractivity (Wildman–Crippen MR) is 92.0 cm³/mol. The van der Waals surface area contributed by atoms with E-state index in [0.717, 1.165) is 10.2 Å². The fourth-order valence-corrected chi connectivity index (χ4v) is 3.00. The maximum Gasteiger partial charge on any atom is 0.272 e. The number of anilines is 1. The zero-order chi connectivity index (χ0) is 16.2. The highest BCUT2D eigenvalue weighted by Crippen LogP contribution is 2.24. The standard InChI is InChI=1S/C16H14N4O2S/c1-22-12-8-4-2-6-10(12)19-20-14(15(17)21)16-18-11-7-3-5-9-13(11)23-16/h2-9,19H,1H3,(H2,17,21). The number of carbonyl (C=O) groups excluding carboxylic acids is 1. The van der Waals surface area contributed by atoms with E-state index >= 15 is 0 Å². The van der Waals surface area contributed by atoms with Gasteiger partial charge in [0.2, 0.25) is 0 Å². The number of methoxy groups -OCH3 is 1. The van der Waals surface area contributed by atoms with Gasteiger partial charge in [-0.05, 0) is 24.3 Å². The average Bonchev–Trinajstić information content (AvgIpc) is 2.98. The minimum absolute atomic E-state index is 0.0807. The van der Waals surface area contributed by atoms with Crippen molar-refractivity contribution in [3.8, 4) is 5.75 Å². The molecule has 0 saturated carbocycles. The monoisotopic (exact) mass is 326 g/mol. The van der Waals surface area contributed by atoms with Crippen molar-refractivity contribution in [1.29, 1.82) is 0 Å². The lowest BCUT2D eigenvalue weighted by Gasteiger charge is -2.07. The van der Waals surface area contributed by atoms with Crippen molar-refractivity contribution in [1.82, 2.24) is 4.98 Å². The van der Waals surface area contributed by atoms with Crippen molar-refractivity contribution in [3.63, 3.8) is 0 Å². The van der Waals surface area contributed by atoms with Gasteiger partial charge in [-0.25, -0.2) is 4.98 Å². The average molecular weight is 326 g/mol. The highest BCUT2D eigenvalue weighted by atomic mass is 32.1. The van der Waals surface area contributed by atoms with Crippen LogP contribution in [-0.2, 0) is 4.79 Å². The summed E-state index contributed by atoms with van der Waals surface area (Å²) in [6.45, 7) is 0. The minimum Gasteiger partial charge on any atom is -0.495 e. The first-order valence-corrected chi connectivity index (χ1v) is 7.63. The summed E-state index contributed by atoms with van der Waals surface area (Å²) in [6, 6.07) is 14.9. The lowest BCUT2D eigenvalue weighted by Crippen LogP contribution is -2.25. The number of nitrogens with one attached hydrogen (secondary N) is 1. The largest absolute Gasteiger partial charge is 0.495 e. The molecule has 0 aliphatic carbocycles. The molecule has 3 aromatic rings. The van der Waals surface area contributed by atoms with Crippen molar-refractivity contribution in [2.24, 2.45) is 10.8 Å². The highest BCUT2D eigenvalue weighted by Gasteiger charge is 2.16. The van der Waals surface area contributed by atoms with Crippen LogP contribution in [-0.4, -0.2) is 23.7 Å². The van der Waals surface area contributed by atoms with Crippen LogP contribution in [0.25, 0.3) is 10.2 Å². The van der Waals surface area contributed by atoms with Gasteiger partial charge in [-0.1, -0.05) is 24.3 Å². The van der Waals surface area contributed by atoms with Gasteiger partial charge in [0.1, 0.15) is 5.75 Å². The van der Waals surface area contributed by atoms with E-state index in [0.29, 0.717) is 16.4 Å². The Morgan fingerprint density at radius 2 is 1.96 bits per heavy atom. The summed E-state index contributed by atoms with van der Waals surface area (Å²) in [6.07, 6.45) is 0. The van der Waals surface area contributed by atoms with Gasteiger partial charge >= 0.3 is 0 Å². The third kappa shape index (κ3) is 3.14. The number of hydrogen-bond acceptors (Lipinski definition) is 6. The first-order valence-electron chi connectivity index (χ1n) is 6.81. The number of hydrogen-bond donors (Lipinski definition) is 2. The Bertz CT molecular complexity index is 855. The Morgan fingerprint density at radius 3 is 2.70 bits per heavy atom. The molecule has 0 unspecified atom stereocenters. The van der Waals surface area contributed by atoms with Gasteiger partial charge in [0.15, 0.2) is 10.7 Å². The SMILES string of the molecule is COc1ccccc1NN=C(C(N)=O)c1nc2ccccc2s1. The van der Waals surface area contributed by atoms with Crippen molar-refractivity contribution in [2.45, 2.75) is 0 Å². The second-order valence-electron chi connectivity index (χ2n) is 4.62. The maximum absolute atomic E-state index is 11.7. The maximum atomic E-state index is 11.7. The molecule has 3 rings (SSSR count). The summed E-state index contributed by atoms with van der Waals surface area (Å²) in [5, 5.41) is 4.60. The molecule has 0 aliphatic rings. The minimum atomic E-state index is -0.647. The molecule has 0 radical (unpaired) electrons. The van der Waals surface area contributed by atoms with E-state index in [4.69, 9.17) is 10.5 Å². The second-order valence-corrected chi connectivity index (χ2v) is 5.65. The lowest BCUT2D eigenvalue weighted by molar-refractivity contribution is -0.111. The Kier molecular flexibility index (Phi) is 4.20. The molecule has 3 N–H and O–H groups in total. The van der Waals surface area contributed by atoms with Crippen LogP contribution in [0.5, 0.6) is 5.75 Å². The molecule has 0 bridgehead atoms. The fourth-order valence-electron chi connectivity index (χ4n) is 2.03. The van der Waals surface area contributed by atoms with E-state index in [1.807, 2.05) is 36.4 Å². The number of benzene rings is 2. The summed E-state index contributed by atoms with van der Waals surface area (Å²) in [5.74, 6) is -0.0316. The van der Waals surface area contributed by atoms with E-state index in [2.05, 4.69) is 15.5 Å². The predicted octanol–water partition coefficient (Wildman–Crippen LogP) is 2.61. The molecule has 0 aliphatic heterocycles. The van der Waals surface area contributed by atoms with Gasteiger partial charge in [-0.3, -0.25) is 10.2 Å². The zero-order valence-corrected chi connectivity index (χ0v) is 13.1. The quantitative estimate of drug-likeness (QED) is 0.557. The number of para-hydroxylation sites is 3. The third-order valence-electron chi connectivity index (χ3n) is 3.12. The Hall–Kier alpha value is -2.93. The van der Waals surface area contributed by atoms with Crippen LogP contribution in [0.3, 0.4) is 0 Å². The molecular formula is C16H14N4O2S. The van der Waals surface area contributed by atoms with Crippen molar-refractivity contribution < 1.29 is 9.53 Å². The number of nitrogens with zero attached hydrogens (tertiary/aromatic N) is 2. The van der Waals surface area contributed by atoms with Gasteiger partial charge in [-0.2, -0.15) is 5.10 Å². The number of nitrogens with two attached hydrogens (primary N) is 1. The van der Waals surface area contributed by atoms with Gasteiger partial charge < -0.3 is 10.5 Å². The van der Waals surface area contributed by atoms with Crippen molar-refractivity contribution in [3.05, 3.63) is 53.5 Å². The highest BCUT2D eigenvalue weighted by molar-refractivity contribution is 7.21. The number of carbonyl (C=O) groups is 1. The van der Waals surface area contributed by atoms with E-state index in [9.17, 15) is 4.79 Å². The summed E-state index contributed by atoms with van der Waals surface area (Å²) >= 11 is 1.36. The van der Waals surface area contributed by atoms with E-state index in [-0.39, 0.29) is 5.71 Å². The van der Waals surface area contributed by atoms with Gasteiger partial charge in [0, 0.05) is 0 Å². The smallest absolute Gasteiger partial charge is 0.272 e. The van der Waals surface area contributed by atoms with E-state index in [1.54, 1.807) is 19.2 Å². The van der Waals surface area contributed by atoms with Gasteiger partial charge in [0.05, 0.1) is 23.0 Å². The topological polar surface area (TPSA) is 89.6 Å². The van der Waals surface area contributed by atoms with Crippen LogP contribution >= 0.6 is 11.3 Å². The third-order valence-corrected chi connectivity index (χ3v) is 4.17. The summed E-state index contributed by atoms with van der Waals surface area (Å²) in [5.41, 5.74) is 9.79. The molecule has 6 nitrogen and oxygen atoms in total. The van der Waals surface area contributed by atoms with Crippen LogP contribution in [0.4, 0.5) is 5.69 Å². The molecule has 7 heteroatoms. The molecule has 1 amide bonds. The molecule has 23 heavy (non-hydrogen) atoms. The number of fused-ring (bicyclic) bond motifs is 1.